The van der Waals surface area contributed by atoms with Gasteiger partial charge in [-0.2, -0.15) is 0 Å². The molecule has 1 aliphatic carbocycles. The van der Waals surface area contributed by atoms with Crippen molar-refractivity contribution in [3.63, 3.8) is 0 Å². The van der Waals surface area contributed by atoms with E-state index >= 15 is 0 Å². The molecule has 1 amide bonds. The van der Waals surface area contributed by atoms with Crippen LogP contribution in [-0.2, 0) is 4.79 Å². The number of hydrogen-bond donors (Lipinski definition) is 2. The van der Waals surface area contributed by atoms with E-state index in [-0.39, 0.29) is 11.9 Å². The van der Waals surface area contributed by atoms with Crippen LogP contribution in [0, 0.1) is 5.92 Å². The van der Waals surface area contributed by atoms with E-state index in [0.29, 0.717) is 12.0 Å². The Balaban J connectivity index is 2.21. The normalized spacial score (nSPS) is 19.6. The molecule has 0 aliphatic heterocycles. The molecule has 3 nitrogen and oxygen atoms in total. The van der Waals surface area contributed by atoms with Gasteiger partial charge in [0.15, 0.2) is 0 Å². The zero-order valence-electron chi connectivity index (χ0n) is 12.3. The van der Waals surface area contributed by atoms with Gasteiger partial charge in [0.25, 0.3) is 0 Å². The fourth-order valence-electron chi connectivity index (χ4n) is 2.51. The first-order chi connectivity index (χ1) is 8.59. The van der Waals surface area contributed by atoms with Gasteiger partial charge in [-0.05, 0) is 32.1 Å². The Morgan fingerprint density at radius 2 is 1.72 bits per heavy atom. The van der Waals surface area contributed by atoms with Gasteiger partial charge in [0.1, 0.15) is 0 Å². The van der Waals surface area contributed by atoms with Gasteiger partial charge in [-0.1, -0.05) is 39.5 Å². The summed E-state index contributed by atoms with van der Waals surface area (Å²) in [6, 6.07) is 0.485. The maximum Gasteiger partial charge on any atom is 0.236 e. The molecule has 106 valence electrons. The van der Waals surface area contributed by atoms with E-state index in [1.165, 1.54) is 38.5 Å². The second-order valence-electron chi connectivity index (χ2n) is 6.05. The van der Waals surface area contributed by atoms with E-state index < -0.39 is 0 Å². The fraction of sp³-hybridized carbons (Fsp3) is 0.933. The minimum atomic E-state index is -0.0553. The summed E-state index contributed by atoms with van der Waals surface area (Å²) in [5, 5.41) is 6.50. The third-order valence-corrected chi connectivity index (χ3v) is 3.76. The summed E-state index contributed by atoms with van der Waals surface area (Å²) < 4.78 is 0. The minimum absolute atomic E-state index is 0.0553. The van der Waals surface area contributed by atoms with Crippen molar-refractivity contribution < 1.29 is 4.79 Å². The lowest BCUT2D eigenvalue weighted by Crippen LogP contribution is -2.46. The summed E-state index contributed by atoms with van der Waals surface area (Å²) in [4.78, 5) is 11.9. The van der Waals surface area contributed by atoms with Gasteiger partial charge >= 0.3 is 0 Å². The summed E-state index contributed by atoms with van der Waals surface area (Å²) >= 11 is 0. The SMILES string of the molecule is CC(C)CCNC(=O)C(C)NC1CCCCCC1. The molecule has 0 spiro atoms. The van der Waals surface area contributed by atoms with Crippen LogP contribution in [0.2, 0.25) is 0 Å². The molecule has 2 N–H and O–H groups in total. The Bertz CT molecular complexity index is 233. The van der Waals surface area contributed by atoms with Gasteiger partial charge < -0.3 is 10.6 Å². The number of nitrogens with one attached hydrogen (secondary N) is 2. The molecule has 0 heterocycles. The largest absolute Gasteiger partial charge is 0.355 e. The molecule has 1 rings (SSSR count). The van der Waals surface area contributed by atoms with Crippen molar-refractivity contribution in [2.45, 2.75) is 77.8 Å². The van der Waals surface area contributed by atoms with Crippen molar-refractivity contribution in [3.05, 3.63) is 0 Å². The monoisotopic (exact) mass is 254 g/mol. The van der Waals surface area contributed by atoms with Gasteiger partial charge in [-0.3, -0.25) is 4.79 Å². The molecule has 1 fully saturated rings. The van der Waals surface area contributed by atoms with E-state index in [2.05, 4.69) is 24.5 Å². The first-order valence-electron chi connectivity index (χ1n) is 7.63. The van der Waals surface area contributed by atoms with Crippen LogP contribution in [0.5, 0.6) is 0 Å². The molecule has 0 aromatic heterocycles. The van der Waals surface area contributed by atoms with E-state index in [0.717, 1.165) is 13.0 Å². The molecule has 18 heavy (non-hydrogen) atoms. The first kappa shape index (κ1) is 15.5. The average Bonchev–Trinajstić information content (AvgIpc) is 2.57. The van der Waals surface area contributed by atoms with Crippen LogP contribution in [0.15, 0.2) is 0 Å². The lowest BCUT2D eigenvalue weighted by atomic mass is 10.1. The summed E-state index contributed by atoms with van der Waals surface area (Å²) in [5.41, 5.74) is 0. The Labute approximate surface area is 112 Å². The lowest BCUT2D eigenvalue weighted by Gasteiger charge is -2.21. The van der Waals surface area contributed by atoms with Crippen LogP contribution in [0.3, 0.4) is 0 Å². The second-order valence-corrected chi connectivity index (χ2v) is 6.05. The smallest absolute Gasteiger partial charge is 0.236 e. The van der Waals surface area contributed by atoms with E-state index in [1.807, 2.05) is 6.92 Å². The first-order valence-corrected chi connectivity index (χ1v) is 7.63. The van der Waals surface area contributed by atoms with Crippen LogP contribution in [-0.4, -0.2) is 24.5 Å². The topological polar surface area (TPSA) is 41.1 Å². The predicted molar refractivity (Wildman–Crippen MR) is 76.6 cm³/mol. The summed E-state index contributed by atoms with van der Waals surface area (Å²) in [6.07, 6.45) is 8.83. The third kappa shape index (κ3) is 6.39. The molecule has 0 saturated heterocycles. The number of rotatable bonds is 6. The Morgan fingerprint density at radius 1 is 1.11 bits per heavy atom. The van der Waals surface area contributed by atoms with Crippen molar-refractivity contribution in [2.24, 2.45) is 5.92 Å². The van der Waals surface area contributed by atoms with Crippen LogP contribution >= 0.6 is 0 Å². The average molecular weight is 254 g/mol. The molecule has 1 saturated carbocycles. The van der Waals surface area contributed by atoms with Gasteiger partial charge in [0, 0.05) is 12.6 Å². The van der Waals surface area contributed by atoms with Crippen LogP contribution in [0.1, 0.15) is 65.7 Å². The highest BCUT2D eigenvalue weighted by atomic mass is 16.2. The molecular weight excluding hydrogens is 224 g/mol. The summed E-state index contributed by atoms with van der Waals surface area (Å²) in [5.74, 6) is 0.801. The van der Waals surface area contributed by atoms with Gasteiger partial charge in [0.05, 0.1) is 6.04 Å². The maximum absolute atomic E-state index is 11.9. The Morgan fingerprint density at radius 3 is 2.28 bits per heavy atom. The molecule has 1 unspecified atom stereocenters. The summed E-state index contributed by atoms with van der Waals surface area (Å²) in [6.45, 7) is 7.14. The lowest BCUT2D eigenvalue weighted by molar-refractivity contribution is -0.123. The van der Waals surface area contributed by atoms with Crippen molar-refractivity contribution in [3.8, 4) is 0 Å². The van der Waals surface area contributed by atoms with Crippen LogP contribution in [0.4, 0.5) is 0 Å². The molecule has 0 aromatic carbocycles. The number of amides is 1. The molecule has 0 radical (unpaired) electrons. The van der Waals surface area contributed by atoms with Crippen molar-refractivity contribution >= 4 is 5.91 Å². The van der Waals surface area contributed by atoms with Gasteiger partial charge in [-0.15, -0.1) is 0 Å². The Kier molecular flexibility index (Phi) is 7.33. The minimum Gasteiger partial charge on any atom is -0.355 e. The number of hydrogen-bond acceptors (Lipinski definition) is 2. The standard InChI is InChI=1S/C15H30N2O/c1-12(2)10-11-16-15(18)13(3)17-14-8-6-4-5-7-9-14/h12-14,17H,4-11H2,1-3H3,(H,16,18). The highest BCUT2D eigenvalue weighted by Crippen LogP contribution is 2.17. The maximum atomic E-state index is 11.9. The van der Waals surface area contributed by atoms with E-state index in [1.54, 1.807) is 0 Å². The molecule has 1 aliphatic rings. The van der Waals surface area contributed by atoms with Gasteiger partial charge in [0.2, 0.25) is 5.91 Å². The number of carbonyl (C=O) groups is 1. The quantitative estimate of drug-likeness (QED) is 0.716. The van der Waals surface area contributed by atoms with Crippen LogP contribution < -0.4 is 10.6 Å². The van der Waals surface area contributed by atoms with Crippen molar-refractivity contribution in [1.29, 1.82) is 0 Å². The molecule has 0 aromatic rings. The van der Waals surface area contributed by atoms with Crippen molar-refractivity contribution in [2.75, 3.05) is 6.54 Å². The zero-order chi connectivity index (χ0) is 13.4. The highest BCUT2D eigenvalue weighted by molar-refractivity contribution is 5.81. The fourth-order valence-corrected chi connectivity index (χ4v) is 2.51. The third-order valence-electron chi connectivity index (χ3n) is 3.76. The number of carbonyl (C=O) groups excluding carboxylic acids is 1. The molecule has 1 atom stereocenters. The summed E-state index contributed by atoms with van der Waals surface area (Å²) in [7, 11) is 0. The molecule has 0 bridgehead atoms. The van der Waals surface area contributed by atoms with E-state index in [9.17, 15) is 4.79 Å². The molecular formula is C15H30N2O. The Hall–Kier alpha value is -0.570. The van der Waals surface area contributed by atoms with Gasteiger partial charge in [-0.25, -0.2) is 0 Å². The highest BCUT2D eigenvalue weighted by Gasteiger charge is 2.18. The second kappa shape index (κ2) is 8.52. The zero-order valence-corrected chi connectivity index (χ0v) is 12.3. The molecule has 3 heteroatoms. The van der Waals surface area contributed by atoms with E-state index in [4.69, 9.17) is 0 Å². The van der Waals surface area contributed by atoms with Crippen molar-refractivity contribution in [1.82, 2.24) is 10.6 Å². The van der Waals surface area contributed by atoms with Crippen LogP contribution in [0.25, 0.3) is 0 Å². The predicted octanol–water partition coefficient (Wildman–Crippen LogP) is 2.85.